The van der Waals surface area contributed by atoms with Gasteiger partial charge in [-0.3, -0.25) is 4.79 Å². The van der Waals surface area contributed by atoms with Gasteiger partial charge >= 0.3 is 0 Å². The Morgan fingerprint density at radius 1 is 1.30 bits per heavy atom. The maximum Gasteiger partial charge on any atom is 0.256 e. The third-order valence-electron chi connectivity index (χ3n) is 3.67. The Kier molecular flexibility index (Phi) is 3.88. The summed E-state index contributed by atoms with van der Waals surface area (Å²) in [5, 5.41) is 5.78. The van der Waals surface area contributed by atoms with Gasteiger partial charge < -0.3 is 4.90 Å². The van der Waals surface area contributed by atoms with Crippen molar-refractivity contribution in [2.45, 2.75) is 18.0 Å². The Labute approximate surface area is 132 Å². The first-order valence-electron chi connectivity index (χ1n) is 7.08. The summed E-state index contributed by atoms with van der Waals surface area (Å²) in [4.78, 5) is 17.7. The number of H-pyrrole nitrogens is 1. The first kappa shape index (κ1) is 15.6. The molecule has 122 valence electrons. The summed E-state index contributed by atoms with van der Waals surface area (Å²) in [6.07, 6.45) is 2.85. The summed E-state index contributed by atoms with van der Waals surface area (Å²) in [6.45, 7) is 1.28. The second-order valence-corrected chi connectivity index (χ2v) is 7.36. The molecule has 0 atom stereocenters. The van der Waals surface area contributed by atoms with Crippen LogP contribution in [-0.4, -0.2) is 53.8 Å². The zero-order valence-electron chi connectivity index (χ0n) is 12.4. The Bertz CT molecular complexity index is 857. The van der Waals surface area contributed by atoms with Crippen LogP contribution in [0.4, 0.5) is 4.39 Å². The second kappa shape index (κ2) is 5.73. The highest BCUT2D eigenvalue weighted by Gasteiger charge is 2.23. The smallest absolute Gasteiger partial charge is 0.256 e. The summed E-state index contributed by atoms with van der Waals surface area (Å²) in [5.74, 6) is -0.951. The van der Waals surface area contributed by atoms with Crippen LogP contribution in [0.15, 0.2) is 23.4 Å². The van der Waals surface area contributed by atoms with Gasteiger partial charge in [-0.25, -0.2) is 17.9 Å². The van der Waals surface area contributed by atoms with E-state index in [9.17, 15) is 17.6 Å². The van der Waals surface area contributed by atoms with Crippen molar-refractivity contribution in [1.29, 1.82) is 0 Å². The molecule has 1 amide bonds. The lowest BCUT2D eigenvalue weighted by atomic mass is 10.1. The molecule has 7 nitrogen and oxygen atoms in total. The first-order valence-corrected chi connectivity index (χ1v) is 8.97. The summed E-state index contributed by atoms with van der Waals surface area (Å²) in [7, 11) is -3.52. The van der Waals surface area contributed by atoms with Gasteiger partial charge in [0.05, 0.1) is 5.56 Å². The van der Waals surface area contributed by atoms with E-state index < -0.39 is 15.7 Å². The Morgan fingerprint density at radius 2 is 2.00 bits per heavy atom. The minimum Gasteiger partial charge on any atom is -0.339 e. The van der Waals surface area contributed by atoms with Crippen LogP contribution in [0.2, 0.25) is 0 Å². The highest BCUT2D eigenvalue weighted by atomic mass is 32.2. The molecule has 0 radical (unpaired) electrons. The van der Waals surface area contributed by atoms with E-state index in [0.29, 0.717) is 18.7 Å². The zero-order valence-corrected chi connectivity index (χ0v) is 13.2. The van der Waals surface area contributed by atoms with Gasteiger partial charge in [-0.2, -0.15) is 10.1 Å². The number of carbonyl (C=O) groups excluding carboxylic acids is 1. The number of halogens is 1. The minimum absolute atomic E-state index is 0.00507. The number of hydrogen-bond donors (Lipinski definition) is 1. The number of benzene rings is 1. The first-order chi connectivity index (χ1) is 10.9. The van der Waals surface area contributed by atoms with Crippen molar-refractivity contribution in [3.8, 4) is 11.4 Å². The van der Waals surface area contributed by atoms with Crippen LogP contribution in [0.25, 0.3) is 11.4 Å². The van der Waals surface area contributed by atoms with Crippen molar-refractivity contribution in [2.75, 3.05) is 19.3 Å². The number of sulfone groups is 1. The van der Waals surface area contributed by atoms with Crippen LogP contribution in [0.3, 0.4) is 0 Å². The van der Waals surface area contributed by atoms with Gasteiger partial charge in [0, 0.05) is 24.9 Å². The SMILES string of the molecule is CS(=O)(=O)c1nc(-c2ccc(C(=O)N3CCCC3)c(F)c2)n[nH]1. The van der Waals surface area contributed by atoms with Crippen molar-refractivity contribution in [1.82, 2.24) is 20.1 Å². The molecule has 2 heterocycles. The van der Waals surface area contributed by atoms with Gasteiger partial charge in [0.1, 0.15) is 5.82 Å². The highest BCUT2D eigenvalue weighted by molar-refractivity contribution is 7.90. The van der Waals surface area contributed by atoms with E-state index >= 15 is 0 Å². The molecule has 3 rings (SSSR count). The number of amides is 1. The molecule has 1 aromatic heterocycles. The fourth-order valence-corrected chi connectivity index (χ4v) is 2.92. The van der Waals surface area contributed by atoms with Crippen LogP contribution >= 0.6 is 0 Å². The monoisotopic (exact) mass is 338 g/mol. The topological polar surface area (TPSA) is 96.0 Å². The third kappa shape index (κ3) is 3.09. The van der Waals surface area contributed by atoms with E-state index in [1.165, 1.54) is 12.1 Å². The maximum atomic E-state index is 14.2. The predicted octanol–water partition coefficient (Wildman–Crippen LogP) is 1.25. The van der Waals surface area contributed by atoms with Gasteiger partial charge in [0.2, 0.25) is 15.0 Å². The minimum atomic E-state index is -3.52. The third-order valence-corrected chi connectivity index (χ3v) is 4.55. The molecule has 1 fully saturated rings. The van der Waals surface area contributed by atoms with Crippen molar-refractivity contribution >= 4 is 15.7 Å². The number of nitrogens with zero attached hydrogens (tertiary/aromatic N) is 3. The molecular formula is C14H15FN4O3S. The Hall–Kier alpha value is -2.29. The molecule has 0 unspecified atom stereocenters. The van der Waals surface area contributed by atoms with Crippen LogP contribution < -0.4 is 0 Å². The molecule has 0 spiro atoms. The molecule has 1 aromatic carbocycles. The number of carbonyl (C=O) groups is 1. The average molecular weight is 338 g/mol. The number of likely N-dealkylation sites (tertiary alicyclic amines) is 1. The van der Waals surface area contributed by atoms with E-state index in [-0.39, 0.29) is 22.5 Å². The van der Waals surface area contributed by atoms with E-state index in [1.807, 2.05) is 0 Å². The van der Waals surface area contributed by atoms with Crippen LogP contribution in [0, 0.1) is 5.82 Å². The molecule has 23 heavy (non-hydrogen) atoms. The summed E-state index contributed by atoms with van der Waals surface area (Å²) in [6, 6.07) is 4.02. The van der Waals surface area contributed by atoms with Crippen LogP contribution in [-0.2, 0) is 9.84 Å². The van der Waals surface area contributed by atoms with Crippen molar-refractivity contribution < 1.29 is 17.6 Å². The van der Waals surface area contributed by atoms with E-state index in [1.54, 1.807) is 4.90 Å². The lowest BCUT2D eigenvalue weighted by Gasteiger charge is -2.15. The zero-order chi connectivity index (χ0) is 16.6. The van der Waals surface area contributed by atoms with Crippen molar-refractivity contribution in [2.24, 2.45) is 0 Å². The number of aromatic amines is 1. The molecule has 2 aromatic rings. The van der Waals surface area contributed by atoms with E-state index in [4.69, 9.17) is 0 Å². The molecule has 1 saturated heterocycles. The summed E-state index contributed by atoms with van der Waals surface area (Å²) < 4.78 is 37.0. The van der Waals surface area contributed by atoms with E-state index in [0.717, 1.165) is 25.2 Å². The van der Waals surface area contributed by atoms with Gasteiger partial charge in [-0.05, 0) is 25.0 Å². The lowest BCUT2D eigenvalue weighted by Crippen LogP contribution is -2.28. The standard InChI is InChI=1S/C14H15FN4O3S/c1-23(21,22)14-16-12(17-18-14)9-4-5-10(11(15)8-9)13(20)19-6-2-3-7-19/h4-5,8H,2-3,6-7H2,1H3,(H,16,17,18). The lowest BCUT2D eigenvalue weighted by molar-refractivity contribution is 0.0788. The number of hydrogen-bond acceptors (Lipinski definition) is 5. The van der Waals surface area contributed by atoms with Gasteiger partial charge in [0.15, 0.2) is 5.82 Å². The Morgan fingerprint density at radius 3 is 2.57 bits per heavy atom. The average Bonchev–Trinajstić information content (AvgIpc) is 3.17. The fourth-order valence-electron chi connectivity index (χ4n) is 2.46. The number of nitrogens with one attached hydrogen (secondary N) is 1. The maximum absolute atomic E-state index is 14.2. The normalized spacial score (nSPS) is 15.1. The fraction of sp³-hybridized carbons (Fsp3) is 0.357. The van der Waals surface area contributed by atoms with Gasteiger partial charge in [-0.1, -0.05) is 6.07 Å². The van der Waals surface area contributed by atoms with Crippen LogP contribution in [0.5, 0.6) is 0 Å². The molecule has 1 N–H and O–H groups in total. The van der Waals surface area contributed by atoms with Crippen LogP contribution in [0.1, 0.15) is 23.2 Å². The number of aromatic nitrogens is 3. The molecular weight excluding hydrogens is 323 g/mol. The molecule has 1 aliphatic rings. The van der Waals surface area contributed by atoms with Crippen molar-refractivity contribution in [3.63, 3.8) is 0 Å². The predicted molar refractivity (Wildman–Crippen MR) is 80.0 cm³/mol. The summed E-state index contributed by atoms with van der Waals surface area (Å²) >= 11 is 0. The molecule has 1 aliphatic heterocycles. The van der Waals surface area contributed by atoms with Gasteiger partial charge in [-0.15, -0.1) is 0 Å². The van der Waals surface area contributed by atoms with E-state index in [2.05, 4.69) is 15.2 Å². The van der Waals surface area contributed by atoms with Gasteiger partial charge in [0.25, 0.3) is 5.91 Å². The largest absolute Gasteiger partial charge is 0.339 e. The second-order valence-electron chi connectivity index (χ2n) is 5.43. The quantitative estimate of drug-likeness (QED) is 0.908. The molecule has 0 bridgehead atoms. The molecule has 9 heteroatoms. The Balaban J connectivity index is 1.90. The highest BCUT2D eigenvalue weighted by Crippen LogP contribution is 2.21. The number of rotatable bonds is 3. The molecule has 0 saturated carbocycles. The summed E-state index contributed by atoms with van der Waals surface area (Å²) in [5.41, 5.74) is 0.293. The molecule has 0 aliphatic carbocycles. The van der Waals surface area contributed by atoms with Crippen molar-refractivity contribution in [3.05, 3.63) is 29.6 Å².